The van der Waals surface area contributed by atoms with E-state index in [4.69, 9.17) is 15.1 Å². The van der Waals surface area contributed by atoms with Gasteiger partial charge in [0.25, 0.3) is 0 Å². The average molecular weight is 502 g/mol. The Labute approximate surface area is 214 Å². The summed E-state index contributed by atoms with van der Waals surface area (Å²) in [5.41, 5.74) is 3.56. The number of Topliss-reactive ketones (excluding diaryl/α,β-unsaturated/α-hetero) is 1. The molecule has 0 amide bonds. The van der Waals surface area contributed by atoms with E-state index in [0.717, 1.165) is 23.9 Å². The van der Waals surface area contributed by atoms with E-state index in [1.807, 2.05) is 6.92 Å². The number of allylic oxidation sites excluding steroid dienone is 1. The lowest BCUT2D eigenvalue weighted by Gasteiger charge is -2.48. The number of benzene rings is 1. The summed E-state index contributed by atoms with van der Waals surface area (Å²) in [6.45, 7) is 3.96. The number of rotatable bonds is 5. The number of aliphatic hydroxyl groups is 1. The van der Waals surface area contributed by atoms with Crippen LogP contribution in [0.5, 0.6) is 0 Å². The number of aromatic nitrogens is 3. The number of halogens is 1. The largest absolute Gasteiger partial charge is 0.515 e. The van der Waals surface area contributed by atoms with Crippen molar-refractivity contribution < 1.29 is 24.2 Å². The lowest BCUT2D eigenvalue weighted by Crippen LogP contribution is -2.48. The van der Waals surface area contributed by atoms with Gasteiger partial charge in [-0.2, -0.15) is 0 Å². The van der Waals surface area contributed by atoms with E-state index in [2.05, 4.69) is 11.9 Å². The topological polar surface area (TPSA) is 113 Å². The van der Waals surface area contributed by atoms with Crippen molar-refractivity contribution in [2.75, 3.05) is 0 Å². The van der Waals surface area contributed by atoms with Crippen molar-refractivity contribution in [2.24, 2.45) is 11.8 Å². The van der Waals surface area contributed by atoms with Crippen LogP contribution in [0.15, 0.2) is 54.4 Å². The number of carboxylic acid groups (broad SMARTS) is 1. The Morgan fingerprint density at radius 3 is 2.76 bits per heavy atom. The fourth-order valence-electron chi connectivity index (χ4n) is 6.07. The van der Waals surface area contributed by atoms with Crippen molar-refractivity contribution in [3.63, 3.8) is 0 Å². The summed E-state index contributed by atoms with van der Waals surface area (Å²) in [7, 11) is 0. The normalized spacial score (nSPS) is 24.0. The smallest absolute Gasteiger partial charge is 0.303 e. The molecule has 190 valence electrons. The van der Waals surface area contributed by atoms with Gasteiger partial charge in [0, 0.05) is 51.9 Å². The molecule has 2 N–H and O–H groups in total. The van der Waals surface area contributed by atoms with Gasteiger partial charge < -0.3 is 10.2 Å². The third kappa shape index (κ3) is 4.30. The second-order valence-electron chi connectivity index (χ2n) is 10.2. The second kappa shape index (κ2) is 9.50. The molecule has 0 spiro atoms. The fourth-order valence-corrected chi connectivity index (χ4v) is 6.07. The van der Waals surface area contributed by atoms with E-state index in [1.165, 1.54) is 6.07 Å². The molecule has 0 saturated heterocycles. The molecule has 1 fully saturated rings. The molecule has 2 aliphatic carbocycles. The summed E-state index contributed by atoms with van der Waals surface area (Å²) >= 11 is 0. The fraction of sp³-hybridized carbons (Fsp3) is 0.345. The van der Waals surface area contributed by atoms with E-state index in [-0.39, 0.29) is 36.3 Å². The minimum absolute atomic E-state index is 0.0102. The molecule has 2 aromatic heterocycles. The van der Waals surface area contributed by atoms with Crippen LogP contribution in [0.25, 0.3) is 22.6 Å². The SMILES string of the molecule is C[C@H]1C(=O)/C(=C\O)C[C@@]2(C)c3nc(-c4ccnc(CCC(=O)O)c4)nc(-c4ccccc4F)c3CC[C@H]12. The number of pyridine rings is 1. The third-order valence-electron chi connectivity index (χ3n) is 7.92. The molecule has 0 aliphatic heterocycles. The number of ketones is 1. The highest BCUT2D eigenvalue weighted by molar-refractivity contribution is 5.98. The molecule has 3 atom stereocenters. The van der Waals surface area contributed by atoms with Crippen LogP contribution in [0.3, 0.4) is 0 Å². The maximum atomic E-state index is 15.1. The van der Waals surface area contributed by atoms with Crippen LogP contribution in [0, 0.1) is 17.7 Å². The van der Waals surface area contributed by atoms with Gasteiger partial charge in [-0.15, -0.1) is 0 Å². The molecule has 37 heavy (non-hydrogen) atoms. The van der Waals surface area contributed by atoms with Gasteiger partial charge >= 0.3 is 5.97 Å². The molecule has 0 radical (unpaired) electrons. The Morgan fingerprint density at radius 1 is 1.24 bits per heavy atom. The Kier molecular flexibility index (Phi) is 6.35. The van der Waals surface area contributed by atoms with Gasteiger partial charge in [-0.25, -0.2) is 14.4 Å². The molecule has 2 heterocycles. The zero-order valence-electron chi connectivity index (χ0n) is 20.7. The van der Waals surface area contributed by atoms with E-state index in [1.54, 1.807) is 36.5 Å². The van der Waals surface area contributed by atoms with Gasteiger partial charge in [-0.3, -0.25) is 14.6 Å². The Morgan fingerprint density at radius 2 is 2.03 bits per heavy atom. The first-order chi connectivity index (χ1) is 17.7. The number of carboxylic acids is 1. The molecule has 7 nitrogen and oxygen atoms in total. The number of hydrogen-bond donors (Lipinski definition) is 2. The van der Waals surface area contributed by atoms with Crippen LogP contribution in [0.1, 0.15) is 50.1 Å². The van der Waals surface area contributed by atoms with E-state index in [0.29, 0.717) is 46.8 Å². The molecule has 1 aromatic carbocycles. The molecule has 2 aliphatic rings. The summed E-state index contributed by atoms with van der Waals surface area (Å²) in [4.78, 5) is 38.1. The minimum Gasteiger partial charge on any atom is -0.515 e. The Hall–Kier alpha value is -3.94. The lowest BCUT2D eigenvalue weighted by molar-refractivity contribution is -0.137. The quantitative estimate of drug-likeness (QED) is 0.363. The summed E-state index contributed by atoms with van der Waals surface area (Å²) in [5.74, 6) is -1.24. The van der Waals surface area contributed by atoms with Crippen LogP contribution in [-0.2, 0) is 27.8 Å². The highest BCUT2D eigenvalue weighted by Crippen LogP contribution is 2.53. The Bertz CT molecular complexity index is 1440. The van der Waals surface area contributed by atoms with Crippen LogP contribution < -0.4 is 0 Å². The highest BCUT2D eigenvalue weighted by atomic mass is 19.1. The molecular weight excluding hydrogens is 473 g/mol. The third-order valence-corrected chi connectivity index (χ3v) is 7.92. The van der Waals surface area contributed by atoms with Gasteiger partial charge in [0.2, 0.25) is 0 Å². The maximum Gasteiger partial charge on any atom is 0.303 e. The molecule has 3 aromatic rings. The monoisotopic (exact) mass is 501 g/mol. The first-order valence-corrected chi connectivity index (χ1v) is 12.4. The van der Waals surface area contributed by atoms with Crippen molar-refractivity contribution in [1.29, 1.82) is 0 Å². The minimum atomic E-state index is -0.910. The standard InChI is InChI=1S/C29H28FN3O4/c1-16-22-9-8-21-25(20-5-3-4-6-23(20)30)32-28(17-11-12-31-19(13-17)7-10-24(35)36)33-27(21)29(22,2)14-18(15-34)26(16)37/h3-6,11-13,15-16,22,34H,7-10,14H2,1-2H3,(H,35,36)/b18-15-/t16-,22-,29-/m1/s1. The number of carbonyl (C=O) groups excluding carboxylic acids is 1. The van der Waals surface area contributed by atoms with E-state index in [9.17, 15) is 14.7 Å². The number of aliphatic hydroxyl groups excluding tert-OH is 1. The first-order valence-electron chi connectivity index (χ1n) is 12.4. The zero-order chi connectivity index (χ0) is 26.3. The predicted molar refractivity (Wildman–Crippen MR) is 135 cm³/mol. The van der Waals surface area contributed by atoms with Gasteiger partial charge in [0.05, 0.1) is 24.1 Å². The molecule has 0 bridgehead atoms. The van der Waals surface area contributed by atoms with Crippen molar-refractivity contribution >= 4 is 11.8 Å². The molecular formula is C29H28FN3O4. The molecule has 8 heteroatoms. The van der Waals surface area contributed by atoms with Gasteiger partial charge in [-0.1, -0.05) is 26.0 Å². The predicted octanol–water partition coefficient (Wildman–Crippen LogP) is 5.23. The number of nitrogens with zero attached hydrogens (tertiary/aromatic N) is 3. The summed E-state index contributed by atoms with van der Waals surface area (Å²) in [5, 5.41) is 18.9. The number of aryl methyl sites for hydroxylation is 1. The lowest BCUT2D eigenvalue weighted by atomic mass is 9.55. The molecule has 5 rings (SSSR count). The van der Waals surface area contributed by atoms with Crippen LogP contribution >= 0.6 is 0 Å². The average Bonchev–Trinajstić information content (AvgIpc) is 2.89. The first kappa shape index (κ1) is 24.7. The van der Waals surface area contributed by atoms with Crippen LogP contribution in [0.2, 0.25) is 0 Å². The van der Waals surface area contributed by atoms with Crippen molar-refractivity contribution in [3.8, 4) is 22.6 Å². The Balaban J connectivity index is 1.72. The number of fused-ring (bicyclic) bond motifs is 3. The maximum absolute atomic E-state index is 15.1. The van der Waals surface area contributed by atoms with Crippen molar-refractivity contribution in [1.82, 2.24) is 15.0 Å². The summed E-state index contributed by atoms with van der Waals surface area (Å²) in [6, 6.07) is 10.0. The molecule has 0 unspecified atom stereocenters. The van der Waals surface area contributed by atoms with Gasteiger partial charge in [0.1, 0.15) is 5.82 Å². The number of hydrogen-bond acceptors (Lipinski definition) is 6. The summed E-state index contributed by atoms with van der Waals surface area (Å²) < 4.78 is 15.1. The van der Waals surface area contributed by atoms with Gasteiger partial charge in [-0.05, 0) is 49.4 Å². The number of carbonyl (C=O) groups is 2. The van der Waals surface area contributed by atoms with Gasteiger partial charge in [0.15, 0.2) is 11.6 Å². The van der Waals surface area contributed by atoms with Crippen LogP contribution in [0.4, 0.5) is 4.39 Å². The zero-order valence-corrected chi connectivity index (χ0v) is 20.7. The van der Waals surface area contributed by atoms with Crippen molar-refractivity contribution in [3.05, 3.63) is 77.2 Å². The van der Waals surface area contributed by atoms with Crippen LogP contribution in [-0.4, -0.2) is 36.9 Å². The second-order valence-corrected chi connectivity index (χ2v) is 10.2. The highest BCUT2D eigenvalue weighted by Gasteiger charge is 2.51. The number of aliphatic carboxylic acids is 1. The van der Waals surface area contributed by atoms with E-state index < -0.39 is 11.4 Å². The van der Waals surface area contributed by atoms with E-state index >= 15 is 4.39 Å². The van der Waals surface area contributed by atoms with Crippen molar-refractivity contribution in [2.45, 2.75) is 51.4 Å². The summed E-state index contributed by atoms with van der Waals surface area (Å²) in [6.07, 6.45) is 4.38. The molecule has 1 saturated carbocycles.